The second-order valence-electron chi connectivity index (χ2n) is 4.02. The van der Waals surface area contributed by atoms with Crippen LogP contribution in [0.1, 0.15) is 30.9 Å². The third-order valence-electron chi connectivity index (χ3n) is 3.12. The van der Waals surface area contributed by atoms with Crippen molar-refractivity contribution in [3.63, 3.8) is 0 Å². The summed E-state index contributed by atoms with van der Waals surface area (Å²) in [5.41, 5.74) is 6.53. The number of phenolic OH excluding ortho intramolecular Hbond substituents is 1. The van der Waals surface area contributed by atoms with E-state index in [2.05, 4.69) is 0 Å². The highest BCUT2D eigenvalue weighted by Crippen LogP contribution is 2.41. The number of hydrogen-bond acceptors (Lipinski definition) is 2. The molecule has 82 valence electrons. The average molecular weight is 230 g/mol. The summed E-state index contributed by atoms with van der Waals surface area (Å²) in [5.74, 6) is -0.438. The van der Waals surface area contributed by atoms with E-state index in [4.69, 9.17) is 17.3 Å². The molecule has 1 aliphatic rings. The van der Waals surface area contributed by atoms with Crippen molar-refractivity contribution in [2.45, 2.75) is 25.3 Å². The van der Waals surface area contributed by atoms with Crippen LogP contribution in [0, 0.1) is 11.7 Å². The van der Waals surface area contributed by atoms with Crippen molar-refractivity contribution in [1.29, 1.82) is 0 Å². The minimum Gasteiger partial charge on any atom is -0.506 e. The summed E-state index contributed by atoms with van der Waals surface area (Å²) < 4.78 is 13.0. The lowest BCUT2D eigenvalue weighted by molar-refractivity contribution is 0.260. The van der Waals surface area contributed by atoms with Gasteiger partial charge in [-0.15, -0.1) is 0 Å². The van der Waals surface area contributed by atoms with Gasteiger partial charge in [0.05, 0.1) is 0 Å². The van der Waals surface area contributed by atoms with Gasteiger partial charge in [0.15, 0.2) is 0 Å². The second kappa shape index (κ2) is 3.99. The SMILES string of the molecule is N[C@@H](c1ccc(F)c(Cl)c1O)C1CCC1. The van der Waals surface area contributed by atoms with E-state index in [1.807, 2.05) is 0 Å². The van der Waals surface area contributed by atoms with Crippen LogP contribution in [0.15, 0.2) is 12.1 Å². The van der Waals surface area contributed by atoms with E-state index in [0.29, 0.717) is 11.5 Å². The summed E-state index contributed by atoms with van der Waals surface area (Å²) >= 11 is 5.61. The molecule has 4 heteroatoms. The summed E-state index contributed by atoms with van der Waals surface area (Å²) in [4.78, 5) is 0. The van der Waals surface area contributed by atoms with Crippen LogP contribution in [0.25, 0.3) is 0 Å². The lowest BCUT2D eigenvalue weighted by Crippen LogP contribution is -2.26. The van der Waals surface area contributed by atoms with Crippen LogP contribution in [0.5, 0.6) is 5.75 Å². The number of nitrogens with two attached hydrogens (primary N) is 1. The first-order valence-corrected chi connectivity index (χ1v) is 5.41. The molecule has 2 rings (SSSR count). The van der Waals surface area contributed by atoms with Crippen molar-refractivity contribution < 1.29 is 9.50 Å². The first kappa shape index (κ1) is 10.7. The van der Waals surface area contributed by atoms with Gasteiger partial charge in [0.25, 0.3) is 0 Å². The Morgan fingerprint density at radius 3 is 2.67 bits per heavy atom. The van der Waals surface area contributed by atoms with Crippen molar-refractivity contribution >= 4 is 11.6 Å². The molecule has 1 aromatic carbocycles. The van der Waals surface area contributed by atoms with Crippen LogP contribution in [-0.4, -0.2) is 5.11 Å². The number of aromatic hydroxyl groups is 1. The molecule has 1 aliphatic carbocycles. The molecular weight excluding hydrogens is 217 g/mol. The lowest BCUT2D eigenvalue weighted by Gasteiger charge is -2.31. The quantitative estimate of drug-likeness (QED) is 0.819. The van der Waals surface area contributed by atoms with E-state index in [9.17, 15) is 9.50 Å². The Labute approximate surface area is 92.9 Å². The molecular formula is C11H13ClFNO. The van der Waals surface area contributed by atoms with Crippen LogP contribution in [-0.2, 0) is 0 Å². The molecule has 1 aromatic rings. The van der Waals surface area contributed by atoms with E-state index in [1.54, 1.807) is 0 Å². The van der Waals surface area contributed by atoms with Gasteiger partial charge in [-0.3, -0.25) is 0 Å². The fourth-order valence-electron chi connectivity index (χ4n) is 1.88. The maximum absolute atomic E-state index is 13.0. The lowest BCUT2D eigenvalue weighted by atomic mass is 9.77. The Kier molecular flexibility index (Phi) is 2.85. The molecule has 2 nitrogen and oxygen atoms in total. The molecule has 1 atom stereocenters. The van der Waals surface area contributed by atoms with E-state index >= 15 is 0 Å². The first-order chi connectivity index (χ1) is 7.11. The molecule has 0 amide bonds. The zero-order valence-electron chi connectivity index (χ0n) is 8.21. The number of benzene rings is 1. The second-order valence-corrected chi connectivity index (χ2v) is 4.39. The van der Waals surface area contributed by atoms with Gasteiger partial charge in [0, 0.05) is 11.6 Å². The molecule has 1 fully saturated rings. The Balaban J connectivity index is 2.31. The van der Waals surface area contributed by atoms with Crippen LogP contribution in [0.2, 0.25) is 5.02 Å². The zero-order valence-corrected chi connectivity index (χ0v) is 8.97. The Bertz CT molecular complexity index is 379. The molecule has 1 saturated carbocycles. The van der Waals surface area contributed by atoms with Crippen LogP contribution < -0.4 is 5.73 Å². The molecule has 0 spiro atoms. The predicted octanol–water partition coefficient (Wildman–Crippen LogP) is 2.98. The molecule has 0 radical (unpaired) electrons. The molecule has 3 N–H and O–H groups in total. The zero-order chi connectivity index (χ0) is 11.0. The number of hydrogen-bond donors (Lipinski definition) is 2. The summed E-state index contributed by atoms with van der Waals surface area (Å²) in [7, 11) is 0. The van der Waals surface area contributed by atoms with Gasteiger partial charge in [-0.05, 0) is 24.8 Å². The molecule has 0 heterocycles. The predicted molar refractivity (Wildman–Crippen MR) is 57.3 cm³/mol. The first-order valence-electron chi connectivity index (χ1n) is 5.03. The van der Waals surface area contributed by atoms with Gasteiger partial charge >= 0.3 is 0 Å². The van der Waals surface area contributed by atoms with E-state index in [1.165, 1.54) is 18.6 Å². The van der Waals surface area contributed by atoms with Crippen molar-refractivity contribution in [1.82, 2.24) is 0 Å². The van der Waals surface area contributed by atoms with Crippen molar-refractivity contribution in [2.24, 2.45) is 11.7 Å². The van der Waals surface area contributed by atoms with Crippen molar-refractivity contribution in [3.05, 3.63) is 28.5 Å². The van der Waals surface area contributed by atoms with Crippen LogP contribution >= 0.6 is 11.6 Å². The average Bonchev–Trinajstić information content (AvgIpc) is 2.11. The molecule has 0 saturated heterocycles. The van der Waals surface area contributed by atoms with E-state index < -0.39 is 5.82 Å². The maximum Gasteiger partial charge on any atom is 0.145 e. The standard InChI is InChI=1S/C11H13ClFNO/c12-9-8(13)5-4-7(11(9)15)10(14)6-2-1-3-6/h4-6,10,15H,1-3,14H2/t10-/m1/s1. The number of halogens is 2. The van der Waals surface area contributed by atoms with Crippen molar-refractivity contribution in [3.8, 4) is 5.75 Å². The fourth-order valence-corrected chi connectivity index (χ4v) is 2.05. The monoisotopic (exact) mass is 229 g/mol. The Morgan fingerprint density at radius 1 is 1.47 bits per heavy atom. The highest BCUT2D eigenvalue weighted by Gasteiger charge is 2.28. The van der Waals surface area contributed by atoms with Crippen LogP contribution in [0.4, 0.5) is 4.39 Å². The molecule has 0 unspecified atom stereocenters. The van der Waals surface area contributed by atoms with E-state index in [0.717, 1.165) is 12.8 Å². The maximum atomic E-state index is 13.0. The minimum atomic E-state index is -0.612. The summed E-state index contributed by atoms with van der Waals surface area (Å²) in [6, 6.07) is 2.52. The molecule has 0 aliphatic heterocycles. The van der Waals surface area contributed by atoms with Crippen LogP contribution in [0.3, 0.4) is 0 Å². The van der Waals surface area contributed by atoms with Gasteiger partial charge in [0.2, 0.25) is 0 Å². The van der Waals surface area contributed by atoms with Gasteiger partial charge in [-0.25, -0.2) is 4.39 Å². The topological polar surface area (TPSA) is 46.2 Å². The van der Waals surface area contributed by atoms with Gasteiger partial charge in [-0.1, -0.05) is 24.1 Å². The highest BCUT2D eigenvalue weighted by atomic mass is 35.5. The summed E-state index contributed by atoms with van der Waals surface area (Å²) in [5, 5.41) is 9.43. The molecule has 15 heavy (non-hydrogen) atoms. The highest BCUT2D eigenvalue weighted by molar-refractivity contribution is 6.32. The smallest absolute Gasteiger partial charge is 0.145 e. The van der Waals surface area contributed by atoms with Gasteiger partial charge in [0.1, 0.15) is 16.6 Å². The minimum absolute atomic E-state index is 0.212. The normalized spacial score (nSPS) is 18.6. The van der Waals surface area contributed by atoms with Gasteiger partial charge < -0.3 is 10.8 Å². The summed E-state index contributed by atoms with van der Waals surface area (Å²) in [6.07, 6.45) is 3.30. The largest absolute Gasteiger partial charge is 0.506 e. The van der Waals surface area contributed by atoms with Gasteiger partial charge in [-0.2, -0.15) is 0 Å². The Hall–Kier alpha value is -0.800. The fraction of sp³-hybridized carbons (Fsp3) is 0.455. The third-order valence-corrected chi connectivity index (χ3v) is 3.48. The van der Waals surface area contributed by atoms with E-state index in [-0.39, 0.29) is 16.8 Å². The molecule has 0 aromatic heterocycles. The third kappa shape index (κ3) is 1.82. The summed E-state index contributed by atoms with van der Waals surface area (Å²) in [6.45, 7) is 0. The van der Waals surface area contributed by atoms with Crippen molar-refractivity contribution in [2.75, 3.05) is 0 Å². The molecule has 0 bridgehead atoms. The Morgan fingerprint density at radius 2 is 2.13 bits per heavy atom. The number of rotatable bonds is 2. The number of phenols is 1.